The molecule has 4 aromatic rings. The van der Waals surface area contributed by atoms with Crippen LogP contribution < -0.4 is 9.62 Å². The lowest BCUT2D eigenvalue weighted by atomic mass is 10.0. The fourth-order valence-corrected chi connectivity index (χ4v) is 6.22. The predicted molar refractivity (Wildman–Crippen MR) is 171 cm³/mol. The summed E-state index contributed by atoms with van der Waals surface area (Å²) in [6, 6.07) is 27.8. The van der Waals surface area contributed by atoms with Gasteiger partial charge in [-0.05, 0) is 61.4 Å². The second-order valence-corrected chi connectivity index (χ2v) is 12.7. The molecule has 10 heteroatoms. The molecule has 2 amide bonds. The summed E-state index contributed by atoms with van der Waals surface area (Å²) < 4.78 is 43.9. The van der Waals surface area contributed by atoms with E-state index >= 15 is 0 Å². The fourth-order valence-electron chi connectivity index (χ4n) is 4.66. The van der Waals surface area contributed by atoms with Crippen molar-refractivity contribution >= 4 is 39.1 Å². The summed E-state index contributed by atoms with van der Waals surface area (Å²) in [5.74, 6) is -1.64. The highest BCUT2D eigenvalue weighted by Crippen LogP contribution is 2.26. The molecule has 0 radical (unpaired) electrons. The van der Waals surface area contributed by atoms with Crippen LogP contribution in [0, 0.1) is 5.82 Å². The van der Waals surface area contributed by atoms with E-state index in [4.69, 9.17) is 11.6 Å². The first-order valence-corrected chi connectivity index (χ1v) is 16.1. The van der Waals surface area contributed by atoms with Crippen molar-refractivity contribution < 1.29 is 22.4 Å². The molecule has 0 spiro atoms. The van der Waals surface area contributed by atoms with E-state index < -0.39 is 40.2 Å². The Morgan fingerprint density at radius 1 is 0.864 bits per heavy atom. The third-order valence-corrected chi connectivity index (χ3v) is 9.34. The molecule has 2 atom stereocenters. The number of halogens is 2. The summed E-state index contributed by atoms with van der Waals surface area (Å²) in [6.45, 7) is 2.89. The topological polar surface area (TPSA) is 86.8 Å². The van der Waals surface area contributed by atoms with Gasteiger partial charge in [0.25, 0.3) is 10.0 Å². The van der Waals surface area contributed by atoms with Crippen LogP contribution in [0.1, 0.15) is 31.4 Å². The monoisotopic (exact) mass is 635 g/mol. The van der Waals surface area contributed by atoms with Crippen LogP contribution in [0.25, 0.3) is 0 Å². The average Bonchev–Trinajstić information content (AvgIpc) is 3.03. The molecule has 230 valence electrons. The molecule has 0 bridgehead atoms. The maximum Gasteiger partial charge on any atom is 0.264 e. The standard InChI is InChI=1S/C34H35ClFN3O4S/c1-3-25(2)37-34(41)32(22-26-12-6-4-7-13-26)38(23-27-14-10-11-17-31(27)36)33(40)24-39(29-20-18-28(35)19-21-29)44(42,43)30-15-8-5-9-16-30/h4-21,25,32H,3,22-24H2,1-2H3,(H,37,41)/t25-,32-/m1/s1. The Morgan fingerprint density at radius 2 is 1.45 bits per heavy atom. The number of nitrogens with one attached hydrogen (secondary N) is 1. The lowest BCUT2D eigenvalue weighted by Crippen LogP contribution is -2.54. The summed E-state index contributed by atoms with van der Waals surface area (Å²) in [5.41, 5.74) is 1.19. The number of carbonyl (C=O) groups excluding carboxylic acids is 2. The van der Waals surface area contributed by atoms with E-state index in [9.17, 15) is 22.4 Å². The summed E-state index contributed by atoms with van der Waals surface area (Å²) >= 11 is 6.09. The van der Waals surface area contributed by atoms with E-state index in [1.165, 1.54) is 53.4 Å². The maximum atomic E-state index is 15.0. The molecule has 44 heavy (non-hydrogen) atoms. The van der Waals surface area contributed by atoms with Gasteiger partial charge in [-0.3, -0.25) is 13.9 Å². The van der Waals surface area contributed by atoms with Crippen molar-refractivity contribution in [2.45, 2.75) is 50.2 Å². The number of hydrogen-bond acceptors (Lipinski definition) is 4. The van der Waals surface area contributed by atoms with Gasteiger partial charge in [0.2, 0.25) is 11.8 Å². The zero-order valence-electron chi connectivity index (χ0n) is 24.6. The summed E-state index contributed by atoms with van der Waals surface area (Å²) in [4.78, 5) is 29.4. The van der Waals surface area contributed by atoms with Gasteiger partial charge in [0, 0.05) is 29.6 Å². The van der Waals surface area contributed by atoms with E-state index in [1.54, 1.807) is 30.3 Å². The van der Waals surface area contributed by atoms with Gasteiger partial charge in [-0.25, -0.2) is 12.8 Å². The van der Waals surface area contributed by atoms with Crippen molar-refractivity contribution in [3.8, 4) is 0 Å². The number of benzene rings is 4. The molecule has 0 saturated carbocycles. The molecule has 0 saturated heterocycles. The van der Waals surface area contributed by atoms with Crippen molar-refractivity contribution in [2.75, 3.05) is 10.8 Å². The number of hydrogen-bond donors (Lipinski definition) is 1. The molecular weight excluding hydrogens is 601 g/mol. The molecule has 0 aliphatic rings. The first kappa shape index (κ1) is 32.7. The van der Waals surface area contributed by atoms with Gasteiger partial charge in [-0.1, -0.05) is 85.3 Å². The van der Waals surface area contributed by atoms with Gasteiger partial charge >= 0.3 is 0 Å². The van der Waals surface area contributed by atoms with Crippen LogP contribution in [0.15, 0.2) is 114 Å². The van der Waals surface area contributed by atoms with Crippen LogP contribution in [-0.2, 0) is 32.6 Å². The van der Waals surface area contributed by atoms with Crippen molar-refractivity contribution in [2.24, 2.45) is 0 Å². The van der Waals surface area contributed by atoms with Gasteiger partial charge in [-0.2, -0.15) is 0 Å². The minimum atomic E-state index is -4.24. The van der Waals surface area contributed by atoms with Crippen molar-refractivity contribution in [3.63, 3.8) is 0 Å². The van der Waals surface area contributed by atoms with E-state index in [2.05, 4.69) is 5.32 Å². The summed E-state index contributed by atoms with van der Waals surface area (Å²) in [6.07, 6.45) is 0.792. The highest BCUT2D eigenvalue weighted by atomic mass is 35.5. The van der Waals surface area contributed by atoms with E-state index in [1.807, 2.05) is 44.2 Å². The lowest BCUT2D eigenvalue weighted by molar-refractivity contribution is -0.140. The van der Waals surface area contributed by atoms with E-state index in [-0.39, 0.29) is 35.2 Å². The SMILES string of the molecule is CC[C@@H](C)NC(=O)[C@@H](Cc1ccccc1)N(Cc1ccccc1F)C(=O)CN(c1ccc(Cl)cc1)S(=O)(=O)c1ccccc1. The summed E-state index contributed by atoms with van der Waals surface area (Å²) in [5, 5.41) is 3.35. The minimum absolute atomic E-state index is 0.0150. The molecule has 0 unspecified atom stereocenters. The molecule has 4 aromatic carbocycles. The number of rotatable bonds is 13. The van der Waals surface area contributed by atoms with Crippen LogP contribution in [0.2, 0.25) is 5.02 Å². The molecule has 0 heterocycles. The number of carbonyl (C=O) groups is 2. The highest BCUT2D eigenvalue weighted by Gasteiger charge is 2.35. The molecule has 0 aliphatic heterocycles. The smallest absolute Gasteiger partial charge is 0.264 e. The molecule has 7 nitrogen and oxygen atoms in total. The molecule has 4 rings (SSSR count). The Balaban J connectivity index is 1.80. The van der Waals surface area contributed by atoms with Crippen molar-refractivity contribution in [3.05, 3.63) is 131 Å². The Hall–Kier alpha value is -4.21. The Kier molecular flexibility index (Phi) is 11.1. The molecule has 0 aliphatic carbocycles. The number of sulfonamides is 1. The largest absolute Gasteiger partial charge is 0.352 e. The van der Waals surface area contributed by atoms with Crippen LogP contribution in [0.5, 0.6) is 0 Å². The van der Waals surface area contributed by atoms with Crippen LogP contribution >= 0.6 is 11.6 Å². The third kappa shape index (κ3) is 8.24. The van der Waals surface area contributed by atoms with Crippen LogP contribution in [0.3, 0.4) is 0 Å². The van der Waals surface area contributed by atoms with E-state index in [0.717, 1.165) is 9.87 Å². The Bertz CT molecular complexity index is 1660. The van der Waals surface area contributed by atoms with Crippen LogP contribution in [-0.4, -0.2) is 43.8 Å². The normalized spacial score (nSPS) is 12.6. The number of amides is 2. The fraction of sp³-hybridized carbons (Fsp3) is 0.235. The lowest BCUT2D eigenvalue weighted by Gasteiger charge is -2.34. The zero-order chi connectivity index (χ0) is 31.7. The van der Waals surface area contributed by atoms with E-state index in [0.29, 0.717) is 11.4 Å². The quantitative estimate of drug-likeness (QED) is 0.189. The molecular formula is C34H35ClFN3O4S. The Morgan fingerprint density at radius 3 is 2.07 bits per heavy atom. The first-order valence-electron chi connectivity index (χ1n) is 14.3. The Labute approximate surface area is 263 Å². The molecule has 1 N–H and O–H groups in total. The second-order valence-electron chi connectivity index (χ2n) is 10.4. The first-order chi connectivity index (χ1) is 21.1. The van der Waals surface area contributed by atoms with Crippen molar-refractivity contribution in [1.29, 1.82) is 0 Å². The second kappa shape index (κ2) is 15.0. The number of nitrogens with zero attached hydrogens (tertiary/aromatic N) is 2. The molecule has 0 aromatic heterocycles. The van der Waals surface area contributed by atoms with Gasteiger partial charge in [0.1, 0.15) is 18.4 Å². The highest BCUT2D eigenvalue weighted by molar-refractivity contribution is 7.92. The van der Waals surface area contributed by atoms with Gasteiger partial charge < -0.3 is 10.2 Å². The van der Waals surface area contributed by atoms with Gasteiger partial charge in [0.15, 0.2) is 0 Å². The average molecular weight is 636 g/mol. The summed E-state index contributed by atoms with van der Waals surface area (Å²) in [7, 11) is -4.24. The molecule has 0 fully saturated rings. The minimum Gasteiger partial charge on any atom is -0.352 e. The number of anilines is 1. The van der Waals surface area contributed by atoms with Crippen molar-refractivity contribution in [1.82, 2.24) is 10.2 Å². The zero-order valence-corrected chi connectivity index (χ0v) is 26.1. The van der Waals surface area contributed by atoms with Crippen LogP contribution in [0.4, 0.5) is 10.1 Å². The predicted octanol–water partition coefficient (Wildman–Crippen LogP) is 6.23. The van der Waals surface area contributed by atoms with Gasteiger partial charge in [-0.15, -0.1) is 0 Å². The van der Waals surface area contributed by atoms with Gasteiger partial charge in [0.05, 0.1) is 10.6 Å². The maximum absolute atomic E-state index is 15.0. The third-order valence-electron chi connectivity index (χ3n) is 7.30.